The molecule has 0 fully saturated rings. The molecule has 4 nitrogen and oxygen atoms in total. The van der Waals surface area contributed by atoms with E-state index in [-0.39, 0.29) is 0 Å². The minimum atomic E-state index is -3.03. The van der Waals surface area contributed by atoms with E-state index in [1.807, 2.05) is 24.3 Å². The number of rotatable bonds is 10. The topological polar surface area (TPSA) is 53.7 Å². The second kappa shape index (κ2) is 9.42. The van der Waals surface area contributed by atoms with Gasteiger partial charge in [0.15, 0.2) is 0 Å². The van der Waals surface area contributed by atoms with Crippen molar-refractivity contribution in [1.82, 2.24) is 0 Å². The lowest BCUT2D eigenvalue weighted by Gasteiger charge is -2.32. The van der Waals surface area contributed by atoms with Crippen LogP contribution in [0.15, 0.2) is 24.3 Å². The van der Waals surface area contributed by atoms with Crippen LogP contribution in [0, 0.1) is 17.8 Å². The van der Waals surface area contributed by atoms with Crippen LogP contribution < -0.4 is 10.9 Å². The van der Waals surface area contributed by atoms with Crippen molar-refractivity contribution in [3.63, 3.8) is 0 Å². The van der Waals surface area contributed by atoms with E-state index < -0.39 is 8.80 Å². The molecular formula is C18H33NO3Si. The first-order valence-electron chi connectivity index (χ1n) is 8.53. The van der Waals surface area contributed by atoms with Gasteiger partial charge in [0.2, 0.25) is 0 Å². The molecular weight excluding hydrogens is 306 g/mol. The summed E-state index contributed by atoms with van der Waals surface area (Å²) in [5.41, 5.74) is 6.90. The molecule has 1 aromatic rings. The Morgan fingerprint density at radius 1 is 0.783 bits per heavy atom. The average molecular weight is 340 g/mol. The molecule has 132 valence electrons. The Bertz CT molecular complexity index is 432. The van der Waals surface area contributed by atoms with Crippen molar-refractivity contribution in [3.8, 4) is 0 Å². The third-order valence-corrected chi connectivity index (χ3v) is 5.87. The summed E-state index contributed by atoms with van der Waals surface area (Å²) >= 11 is 0. The molecule has 0 aliphatic rings. The van der Waals surface area contributed by atoms with E-state index in [1.165, 1.54) is 0 Å². The molecule has 0 unspecified atom stereocenters. The van der Waals surface area contributed by atoms with E-state index in [0.29, 0.717) is 43.3 Å². The molecule has 5 heteroatoms. The number of nitrogens with two attached hydrogens (primary N) is 1. The number of nitrogen functional groups attached to an aromatic ring is 1. The molecule has 0 bridgehead atoms. The summed E-state index contributed by atoms with van der Waals surface area (Å²) < 4.78 is 18.8. The van der Waals surface area contributed by atoms with Crippen LogP contribution in [0.5, 0.6) is 0 Å². The third kappa shape index (κ3) is 6.63. The first-order chi connectivity index (χ1) is 10.8. The second-order valence-corrected chi connectivity index (χ2v) is 9.78. The van der Waals surface area contributed by atoms with Gasteiger partial charge in [0.25, 0.3) is 0 Å². The summed E-state index contributed by atoms with van der Waals surface area (Å²) in [6.45, 7) is 14.5. The predicted molar refractivity (Wildman–Crippen MR) is 98.6 cm³/mol. The van der Waals surface area contributed by atoms with Crippen molar-refractivity contribution in [3.05, 3.63) is 24.3 Å². The van der Waals surface area contributed by atoms with Crippen molar-refractivity contribution < 1.29 is 13.3 Å². The Hall–Kier alpha value is -0.883. The van der Waals surface area contributed by atoms with E-state index in [4.69, 9.17) is 19.0 Å². The lowest BCUT2D eigenvalue weighted by atomic mass is 10.2. The van der Waals surface area contributed by atoms with E-state index in [2.05, 4.69) is 41.5 Å². The molecule has 0 aliphatic heterocycles. The zero-order chi connectivity index (χ0) is 17.5. The highest BCUT2D eigenvalue weighted by atomic mass is 28.4. The van der Waals surface area contributed by atoms with Gasteiger partial charge in [-0.3, -0.25) is 0 Å². The van der Waals surface area contributed by atoms with Gasteiger partial charge in [-0.1, -0.05) is 59.7 Å². The summed E-state index contributed by atoms with van der Waals surface area (Å²) in [7, 11) is -3.03. The second-order valence-electron chi connectivity index (χ2n) is 7.26. The molecule has 0 aliphatic carbocycles. The molecule has 23 heavy (non-hydrogen) atoms. The van der Waals surface area contributed by atoms with Crippen LogP contribution in [0.3, 0.4) is 0 Å². The van der Waals surface area contributed by atoms with Gasteiger partial charge in [-0.05, 0) is 23.8 Å². The van der Waals surface area contributed by atoms with Gasteiger partial charge in [0.1, 0.15) is 0 Å². The average Bonchev–Trinajstić information content (AvgIpc) is 2.47. The molecule has 0 atom stereocenters. The van der Waals surface area contributed by atoms with E-state index >= 15 is 0 Å². The molecule has 0 saturated carbocycles. The van der Waals surface area contributed by atoms with Crippen molar-refractivity contribution in [2.24, 2.45) is 17.8 Å². The summed E-state index contributed by atoms with van der Waals surface area (Å²) in [5, 5.41) is 0.877. The van der Waals surface area contributed by atoms with Gasteiger partial charge in [-0.15, -0.1) is 0 Å². The molecule has 1 aromatic carbocycles. The highest BCUT2D eigenvalue weighted by Crippen LogP contribution is 2.18. The number of hydrogen-bond donors (Lipinski definition) is 1. The predicted octanol–water partition coefficient (Wildman–Crippen LogP) is 3.43. The first-order valence-corrected chi connectivity index (χ1v) is 10.3. The molecule has 0 spiro atoms. The summed E-state index contributed by atoms with van der Waals surface area (Å²) in [4.78, 5) is 0. The lowest BCUT2D eigenvalue weighted by molar-refractivity contribution is 0.0496. The Morgan fingerprint density at radius 3 is 1.52 bits per heavy atom. The monoisotopic (exact) mass is 339 g/mol. The Labute approximate surface area is 142 Å². The maximum absolute atomic E-state index is 6.27. The Morgan fingerprint density at radius 2 is 1.17 bits per heavy atom. The summed E-state index contributed by atoms with van der Waals surface area (Å²) in [6.07, 6.45) is 0. The SMILES string of the molecule is CC(C)CO[Si](OCC(C)C)(OCC(C)C)c1ccccc1N. The highest BCUT2D eigenvalue weighted by molar-refractivity contribution is 6.76. The fourth-order valence-corrected chi connectivity index (χ4v) is 5.08. The van der Waals surface area contributed by atoms with Crippen LogP contribution in [0.2, 0.25) is 0 Å². The smallest absolute Gasteiger partial charge is 0.399 e. The van der Waals surface area contributed by atoms with Crippen LogP contribution in [0.1, 0.15) is 41.5 Å². The van der Waals surface area contributed by atoms with Gasteiger partial charge in [-0.2, -0.15) is 0 Å². The standard InChI is InChI=1S/C18H33NO3Si/c1-14(2)11-20-23(21-12-15(3)4,22-13-16(5)6)18-10-8-7-9-17(18)19/h7-10,14-16H,11-13,19H2,1-6H3. The van der Waals surface area contributed by atoms with Crippen LogP contribution in [-0.4, -0.2) is 28.6 Å². The van der Waals surface area contributed by atoms with Gasteiger partial charge in [-0.25, -0.2) is 0 Å². The molecule has 0 heterocycles. The number of hydrogen-bond acceptors (Lipinski definition) is 4. The molecule has 0 amide bonds. The Balaban J connectivity index is 3.16. The van der Waals surface area contributed by atoms with Gasteiger partial charge in [0.05, 0.1) is 0 Å². The maximum atomic E-state index is 6.27. The fraction of sp³-hybridized carbons (Fsp3) is 0.667. The zero-order valence-electron chi connectivity index (χ0n) is 15.5. The van der Waals surface area contributed by atoms with E-state index in [9.17, 15) is 0 Å². The number of anilines is 1. The molecule has 1 rings (SSSR count). The minimum Gasteiger partial charge on any atom is -0.399 e. The molecule has 0 radical (unpaired) electrons. The zero-order valence-corrected chi connectivity index (χ0v) is 16.5. The van der Waals surface area contributed by atoms with E-state index in [0.717, 1.165) is 5.19 Å². The van der Waals surface area contributed by atoms with Crippen LogP contribution in [-0.2, 0) is 13.3 Å². The van der Waals surface area contributed by atoms with Crippen LogP contribution in [0.25, 0.3) is 0 Å². The fourth-order valence-electron chi connectivity index (χ4n) is 1.96. The third-order valence-electron chi connectivity index (χ3n) is 3.11. The normalized spacial score (nSPS) is 12.6. The number of para-hydroxylation sites is 1. The quantitative estimate of drug-likeness (QED) is 0.524. The van der Waals surface area contributed by atoms with Gasteiger partial charge >= 0.3 is 8.80 Å². The van der Waals surface area contributed by atoms with Crippen molar-refractivity contribution >= 4 is 19.7 Å². The molecule has 0 saturated heterocycles. The first kappa shape index (κ1) is 20.2. The Kier molecular flexibility index (Phi) is 8.26. The van der Waals surface area contributed by atoms with E-state index in [1.54, 1.807) is 0 Å². The molecule has 2 N–H and O–H groups in total. The molecule has 0 aromatic heterocycles. The van der Waals surface area contributed by atoms with Crippen molar-refractivity contribution in [1.29, 1.82) is 0 Å². The van der Waals surface area contributed by atoms with Crippen molar-refractivity contribution in [2.45, 2.75) is 41.5 Å². The van der Waals surface area contributed by atoms with Gasteiger partial charge in [0, 0.05) is 30.7 Å². The maximum Gasteiger partial charge on any atom is 0.539 e. The van der Waals surface area contributed by atoms with Crippen LogP contribution in [0.4, 0.5) is 5.69 Å². The summed E-state index contributed by atoms with van der Waals surface area (Å²) in [5.74, 6) is 1.20. The van der Waals surface area contributed by atoms with Crippen molar-refractivity contribution in [2.75, 3.05) is 25.6 Å². The van der Waals surface area contributed by atoms with Gasteiger partial charge < -0.3 is 19.0 Å². The number of benzene rings is 1. The largest absolute Gasteiger partial charge is 0.539 e. The minimum absolute atomic E-state index is 0.400. The lowest BCUT2D eigenvalue weighted by Crippen LogP contribution is -2.59. The highest BCUT2D eigenvalue weighted by Gasteiger charge is 2.46. The van der Waals surface area contributed by atoms with Crippen LogP contribution >= 0.6 is 0 Å². The summed E-state index contributed by atoms with van der Waals surface area (Å²) in [6, 6.07) is 7.74.